The highest BCUT2D eigenvalue weighted by molar-refractivity contribution is 7.13. The van der Waals surface area contributed by atoms with Gasteiger partial charge in [0.1, 0.15) is 18.5 Å². The zero-order chi connectivity index (χ0) is 19.6. The lowest BCUT2D eigenvalue weighted by atomic mass is 9.86. The minimum absolute atomic E-state index is 0.00678. The van der Waals surface area contributed by atoms with Gasteiger partial charge < -0.3 is 14.3 Å². The average Bonchev–Trinajstić information content (AvgIpc) is 3.23. The summed E-state index contributed by atoms with van der Waals surface area (Å²) in [6.45, 7) is 8.52. The highest BCUT2D eigenvalue weighted by atomic mass is 32.1. The highest BCUT2D eigenvalue weighted by Gasteiger charge is 2.17. The van der Waals surface area contributed by atoms with E-state index in [0.717, 1.165) is 15.1 Å². The predicted molar refractivity (Wildman–Crippen MR) is 105 cm³/mol. The SMILES string of the molecule is Cc1cc(C(C)(C)C)ccc1OC[C@@H](O)Cn1nc(-c2cccs2)oc1=O. The zero-order valence-corrected chi connectivity index (χ0v) is 16.7. The summed E-state index contributed by atoms with van der Waals surface area (Å²) in [7, 11) is 0. The van der Waals surface area contributed by atoms with Gasteiger partial charge in [-0.2, -0.15) is 4.68 Å². The van der Waals surface area contributed by atoms with Crippen molar-refractivity contribution in [2.75, 3.05) is 6.61 Å². The molecule has 0 bridgehead atoms. The number of hydrogen-bond acceptors (Lipinski definition) is 6. The summed E-state index contributed by atoms with van der Waals surface area (Å²) >= 11 is 1.43. The molecule has 0 unspecified atom stereocenters. The first-order valence-corrected chi connectivity index (χ1v) is 9.66. The maximum atomic E-state index is 11.9. The fraction of sp³-hybridized carbons (Fsp3) is 0.400. The van der Waals surface area contributed by atoms with Crippen LogP contribution in [0.25, 0.3) is 10.8 Å². The van der Waals surface area contributed by atoms with Gasteiger partial charge in [-0.15, -0.1) is 16.4 Å². The molecule has 1 atom stereocenters. The topological polar surface area (TPSA) is 77.5 Å². The Morgan fingerprint density at radius 2 is 2.11 bits per heavy atom. The van der Waals surface area contributed by atoms with Crippen molar-refractivity contribution in [3.8, 4) is 16.5 Å². The second-order valence-electron chi connectivity index (χ2n) is 7.53. The van der Waals surface area contributed by atoms with Crippen LogP contribution in [-0.2, 0) is 12.0 Å². The van der Waals surface area contributed by atoms with Crippen molar-refractivity contribution in [1.82, 2.24) is 9.78 Å². The summed E-state index contributed by atoms with van der Waals surface area (Å²) in [6.07, 6.45) is -0.884. The molecular formula is C20H24N2O4S. The van der Waals surface area contributed by atoms with E-state index in [2.05, 4.69) is 31.9 Å². The van der Waals surface area contributed by atoms with Gasteiger partial charge in [0.25, 0.3) is 5.89 Å². The maximum Gasteiger partial charge on any atom is 0.437 e. The van der Waals surface area contributed by atoms with Gasteiger partial charge in [-0.1, -0.05) is 39.0 Å². The number of hydrogen-bond donors (Lipinski definition) is 1. The number of aromatic nitrogens is 2. The van der Waals surface area contributed by atoms with Crippen LogP contribution in [0.1, 0.15) is 31.9 Å². The van der Waals surface area contributed by atoms with Crippen LogP contribution in [0.3, 0.4) is 0 Å². The molecule has 0 aliphatic carbocycles. The summed E-state index contributed by atoms with van der Waals surface area (Å²) in [5, 5.41) is 16.3. The van der Waals surface area contributed by atoms with Crippen LogP contribution in [0.2, 0.25) is 0 Å². The van der Waals surface area contributed by atoms with Gasteiger partial charge in [-0.3, -0.25) is 0 Å². The summed E-state index contributed by atoms with van der Waals surface area (Å²) in [5.74, 6) is 0.383. The minimum Gasteiger partial charge on any atom is -0.491 e. The van der Waals surface area contributed by atoms with E-state index in [1.807, 2.05) is 36.6 Å². The largest absolute Gasteiger partial charge is 0.491 e. The van der Waals surface area contributed by atoms with Crippen molar-refractivity contribution in [2.24, 2.45) is 0 Å². The van der Waals surface area contributed by atoms with E-state index in [9.17, 15) is 9.90 Å². The molecule has 3 aromatic rings. The average molecular weight is 388 g/mol. The molecule has 3 rings (SSSR count). The monoisotopic (exact) mass is 388 g/mol. The molecule has 2 heterocycles. The number of aliphatic hydroxyl groups is 1. The van der Waals surface area contributed by atoms with Crippen LogP contribution in [0.15, 0.2) is 44.9 Å². The third kappa shape index (κ3) is 4.67. The van der Waals surface area contributed by atoms with Crippen LogP contribution < -0.4 is 10.5 Å². The Balaban J connectivity index is 1.62. The number of rotatable bonds is 6. The van der Waals surface area contributed by atoms with Gasteiger partial charge in [0.05, 0.1) is 11.4 Å². The molecule has 0 amide bonds. The number of aliphatic hydroxyl groups excluding tert-OH is 1. The summed E-state index contributed by atoms with van der Waals surface area (Å²) < 4.78 is 12.0. The second-order valence-corrected chi connectivity index (χ2v) is 8.48. The highest BCUT2D eigenvalue weighted by Crippen LogP contribution is 2.27. The third-order valence-electron chi connectivity index (χ3n) is 4.19. The lowest BCUT2D eigenvalue weighted by molar-refractivity contribution is 0.0872. The lowest BCUT2D eigenvalue weighted by Crippen LogP contribution is -2.29. The molecule has 144 valence electrons. The molecule has 6 nitrogen and oxygen atoms in total. The quantitative estimate of drug-likeness (QED) is 0.698. The standard InChI is InChI=1S/C20H24N2O4S/c1-13-10-14(20(2,3)4)7-8-16(13)25-12-15(23)11-22-19(24)26-18(21-22)17-6-5-9-27-17/h5-10,15,23H,11-12H2,1-4H3/t15-/m0/s1. The van der Waals surface area contributed by atoms with E-state index >= 15 is 0 Å². The van der Waals surface area contributed by atoms with E-state index in [-0.39, 0.29) is 24.5 Å². The first-order valence-electron chi connectivity index (χ1n) is 8.78. The van der Waals surface area contributed by atoms with Crippen molar-refractivity contribution >= 4 is 11.3 Å². The molecule has 1 N–H and O–H groups in total. The van der Waals surface area contributed by atoms with Gasteiger partial charge in [0.15, 0.2) is 0 Å². The molecule has 0 aliphatic rings. The molecule has 0 fully saturated rings. The van der Waals surface area contributed by atoms with Crippen LogP contribution >= 0.6 is 11.3 Å². The Bertz CT molecular complexity index is 951. The first-order chi connectivity index (χ1) is 12.7. The molecule has 0 saturated carbocycles. The van der Waals surface area contributed by atoms with Gasteiger partial charge in [0, 0.05) is 0 Å². The molecule has 2 aromatic heterocycles. The van der Waals surface area contributed by atoms with E-state index in [0.29, 0.717) is 5.75 Å². The van der Waals surface area contributed by atoms with Crippen molar-refractivity contribution < 1.29 is 14.3 Å². The van der Waals surface area contributed by atoms with Gasteiger partial charge in [0.2, 0.25) is 0 Å². The van der Waals surface area contributed by atoms with Gasteiger partial charge in [-0.25, -0.2) is 4.79 Å². The molecule has 0 spiro atoms. The van der Waals surface area contributed by atoms with E-state index in [1.165, 1.54) is 16.9 Å². The van der Waals surface area contributed by atoms with Crippen molar-refractivity contribution in [2.45, 2.75) is 45.8 Å². The Morgan fingerprint density at radius 3 is 2.74 bits per heavy atom. The van der Waals surface area contributed by atoms with Crippen LogP contribution in [0.4, 0.5) is 0 Å². The Labute approximate surface area is 162 Å². The molecule has 0 radical (unpaired) electrons. The predicted octanol–water partition coefficient (Wildman–Crippen LogP) is 3.61. The number of ether oxygens (including phenoxy) is 1. The minimum atomic E-state index is -0.884. The zero-order valence-electron chi connectivity index (χ0n) is 15.9. The number of thiophene rings is 1. The fourth-order valence-corrected chi connectivity index (χ4v) is 3.28. The molecule has 27 heavy (non-hydrogen) atoms. The van der Waals surface area contributed by atoms with Gasteiger partial charge in [-0.05, 0) is 41.0 Å². The summed E-state index contributed by atoms with van der Waals surface area (Å²) in [4.78, 5) is 12.7. The number of benzene rings is 1. The number of nitrogens with zero attached hydrogens (tertiary/aromatic N) is 2. The smallest absolute Gasteiger partial charge is 0.437 e. The van der Waals surface area contributed by atoms with Crippen molar-refractivity contribution in [3.05, 3.63) is 57.4 Å². The second kappa shape index (κ2) is 7.70. The van der Waals surface area contributed by atoms with Crippen LogP contribution in [0.5, 0.6) is 5.75 Å². The van der Waals surface area contributed by atoms with E-state index in [4.69, 9.17) is 9.15 Å². The Kier molecular flexibility index (Phi) is 5.53. The molecule has 0 aliphatic heterocycles. The van der Waals surface area contributed by atoms with E-state index < -0.39 is 11.9 Å². The Hall–Kier alpha value is -2.38. The molecular weight excluding hydrogens is 364 g/mol. The van der Waals surface area contributed by atoms with Crippen molar-refractivity contribution in [3.63, 3.8) is 0 Å². The lowest BCUT2D eigenvalue weighted by Gasteiger charge is -2.21. The third-order valence-corrected chi connectivity index (χ3v) is 5.05. The molecule has 1 aromatic carbocycles. The van der Waals surface area contributed by atoms with Crippen LogP contribution in [-0.4, -0.2) is 27.6 Å². The molecule has 0 saturated heterocycles. The van der Waals surface area contributed by atoms with Crippen molar-refractivity contribution in [1.29, 1.82) is 0 Å². The normalized spacial score (nSPS) is 12.9. The van der Waals surface area contributed by atoms with Gasteiger partial charge >= 0.3 is 5.76 Å². The molecule has 7 heteroatoms. The van der Waals surface area contributed by atoms with Crippen LogP contribution in [0, 0.1) is 6.92 Å². The summed E-state index contributed by atoms with van der Waals surface area (Å²) in [6, 6.07) is 9.72. The maximum absolute atomic E-state index is 11.9. The number of aryl methyl sites for hydroxylation is 1. The van der Waals surface area contributed by atoms with E-state index in [1.54, 1.807) is 0 Å². The fourth-order valence-electron chi connectivity index (χ4n) is 2.64. The Morgan fingerprint density at radius 1 is 1.33 bits per heavy atom. The first kappa shape index (κ1) is 19.4. The summed E-state index contributed by atoms with van der Waals surface area (Å²) in [5.41, 5.74) is 2.30.